The van der Waals surface area contributed by atoms with E-state index in [1.54, 1.807) is 0 Å². The van der Waals surface area contributed by atoms with E-state index < -0.39 is 0 Å². The molecule has 0 saturated carbocycles. The lowest BCUT2D eigenvalue weighted by Crippen LogP contribution is -2.58. The topological polar surface area (TPSA) is 12.5 Å². The third-order valence-corrected chi connectivity index (χ3v) is 13.6. The molecule has 0 radical (unpaired) electrons. The van der Waals surface area contributed by atoms with E-state index in [0.29, 0.717) is 11.8 Å². The van der Waals surface area contributed by atoms with Crippen LogP contribution in [0, 0.1) is 29.1 Å². The molecule has 0 amide bonds. The van der Waals surface area contributed by atoms with Crippen LogP contribution in [0.4, 0.5) is 0 Å². The lowest BCUT2D eigenvalue weighted by Gasteiger charge is -2.67. The van der Waals surface area contributed by atoms with Crippen LogP contribution in [0.2, 0.25) is 0 Å². The third kappa shape index (κ3) is 4.40. The minimum atomic E-state index is -0.153. The number of ether oxygens (including phenoxy) is 1. The summed E-state index contributed by atoms with van der Waals surface area (Å²) in [5.41, 5.74) is 15.2. The van der Waals surface area contributed by atoms with Crippen LogP contribution in [0.3, 0.4) is 0 Å². The van der Waals surface area contributed by atoms with Gasteiger partial charge in [0.1, 0.15) is 0 Å². The zero-order valence-electron chi connectivity index (χ0n) is 29.4. The van der Waals surface area contributed by atoms with Crippen LogP contribution in [0.15, 0.2) is 65.3 Å². The van der Waals surface area contributed by atoms with Crippen molar-refractivity contribution in [3.05, 3.63) is 87.6 Å². The summed E-state index contributed by atoms with van der Waals surface area (Å²) in [5.74, 6) is 0.838. The van der Waals surface area contributed by atoms with Gasteiger partial charge in [-0.05, 0) is 121 Å². The van der Waals surface area contributed by atoms with Gasteiger partial charge in [-0.25, -0.2) is 0 Å². The molecule has 5 unspecified atom stereocenters. The van der Waals surface area contributed by atoms with Crippen molar-refractivity contribution in [1.82, 2.24) is 4.90 Å². The van der Waals surface area contributed by atoms with Gasteiger partial charge in [0.2, 0.25) is 0 Å². The second-order valence-electron chi connectivity index (χ2n) is 16.0. The van der Waals surface area contributed by atoms with Gasteiger partial charge in [0, 0.05) is 23.9 Å². The number of nitrogens with zero attached hydrogens (tertiary/aromatic N) is 1. The van der Waals surface area contributed by atoms with Crippen molar-refractivity contribution in [2.45, 2.75) is 107 Å². The highest BCUT2D eigenvalue weighted by Gasteiger charge is 2.65. The lowest BCUT2D eigenvalue weighted by atomic mass is 9.36. The fourth-order valence-corrected chi connectivity index (χ4v) is 10.6. The summed E-state index contributed by atoms with van der Waals surface area (Å²) in [6.07, 6.45) is 3.46. The zero-order chi connectivity index (χ0) is 31.9. The second-order valence-corrected chi connectivity index (χ2v) is 16.0. The van der Waals surface area contributed by atoms with Crippen molar-refractivity contribution in [3.8, 4) is 0 Å². The minimum Gasteiger partial charge on any atom is -0.379 e. The number of hydrogen-bond donors (Lipinski definition) is 0. The molecule has 4 aliphatic rings. The molecule has 0 bridgehead atoms. The van der Waals surface area contributed by atoms with Gasteiger partial charge in [-0.15, -0.1) is 0 Å². The van der Waals surface area contributed by atoms with Crippen molar-refractivity contribution in [1.29, 1.82) is 0 Å². The Kier molecular flexibility index (Phi) is 8.05. The molecule has 2 heteroatoms. The zero-order valence-corrected chi connectivity index (χ0v) is 29.4. The van der Waals surface area contributed by atoms with Crippen molar-refractivity contribution in [2.24, 2.45) is 22.2 Å². The van der Waals surface area contributed by atoms with Crippen molar-refractivity contribution in [3.63, 3.8) is 0 Å². The largest absolute Gasteiger partial charge is 0.379 e. The van der Waals surface area contributed by atoms with Gasteiger partial charge in [-0.3, -0.25) is 4.90 Å². The van der Waals surface area contributed by atoms with Crippen LogP contribution >= 0.6 is 0 Å². The van der Waals surface area contributed by atoms with E-state index in [9.17, 15) is 0 Å². The molecular formula is C41H59NO. The molecule has 1 aromatic carbocycles. The third-order valence-electron chi connectivity index (χ3n) is 13.6. The van der Waals surface area contributed by atoms with Gasteiger partial charge in [0.15, 0.2) is 0 Å². The Hall–Kier alpha value is -2.16. The maximum Gasteiger partial charge on any atom is 0.0594 e. The summed E-state index contributed by atoms with van der Waals surface area (Å²) < 4.78 is 5.57. The molecule has 1 aromatic rings. The average molecular weight is 582 g/mol. The quantitative estimate of drug-likeness (QED) is 0.331. The summed E-state index contributed by atoms with van der Waals surface area (Å²) in [7, 11) is 0. The highest BCUT2D eigenvalue weighted by Crippen LogP contribution is 2.74. The van der Waals surface area contributed by atoms with Crippen molar-refractivity contribution >= 4 is 5.57 Å². The van der Waals surface area contributed by atoms with Gasteiger partial charge in [-0.1, -0.05) is 97.1 Å². The number of fused-ring (bicyclic) bond motifs is 3. The van der Waals surface area contributed by atoms with E-state index in [-0.39, 0.29) is 21.7 Å². The molecule has 1 aliphatic heterocycles. The molecule has 0 spiro atoms. The van der Waals surface area contributed by atoms with E-state index in [2.05, 4.69) is 99.8 Å². The fourth-order valence-electron chi connectivity index (χ4n) is 10.6. The van der Waals surface area contributed by atoms with Crippen LogP contribution < -0.4 is 0 Å². The Bertz CT molecular complexity index is 1440. The van der Waals surface area contributed by atoms with Gasteiger partial charge in [0.25, 0.3) is 0 Å². The molecule has 0 aromatic heterocycles. The van der Waals surface area contributed by atoms with Gasteiger partial charge >= 0.3 is 0 Å². The lowest BCUT2D eigenvalue weighted by molar-refractivity contribution is -0.0261. The average Bonchev–Trinajstić information content (AvgIpc) is 2.93. The van der Waals surface area contributed by atoms with Crippen LogP contribution in [0.1, 0.15) is 117 Å². The molecule has 5 rings (SSSR count). The highest BCUT2D eigenvalue weighted by atomic mass is 16.5. The van der Waals surface area contributed by atoms with Crippen molar-refractivity contribution < 1.29 is 4.74 Å². The van der Waals surface area contributed by atoms with Crippen LogP contribution in [-0.4, -0.2) is 37.7 Å². The maximum atomic E-state index is 5.57. The fraction of sp³-hybridized carbons (Fsp3) is 0.610. The number of morpholine rings is 1. The number of hydrogen-bond acceptors (Lipinski definition) is 2. The van der Waals surface area contributed by atoms with Gasteiger partial charge < -0.3 is 4.74 Å². The molecule has 234 valence electrons. The van der Waals surface area contributed by atoms with E-state index in [0.717, 1.165) is 44.8 Å². The number of benzene rings is 1. The van der Waals surface area contributed by atoms with Gasteiger partial charge in [0.05, 0.1) is 13.2 Å². The summed E-state index contributed by atoms with van der Waals surface area (Å²) in [6.45, 7) is 46.0. The van der Waals surface area contributed by atoms with E-state index in [4.69, 9.17) is 17.9 Å². The second kappa shape index (κ2) is 10.7. The summed E-state index contributed by atoms with van der Waals surface area (Å²) in [6, 6.07) is 4.94. The van der Waals surface area contributed by atoms with Crippen LogP contribution in [-0.2, 0) is 10.2 Å². The molecule has 0 N–H and O–H groups in total. The van der Waals surface area contributed by atoms with Crippen LogP contribution in [0.5, 0.6) is 0 Å². The standard InChI is InChI=1S/C41H59NO/c1-25(2)35-26(3)24-39(12)32(9)40(13)29(6)33-16-17-34(38(10,11)18-15-19-42-20-22-43-23-21-42)27(4)36(33)28(5)37(40)31(8)41(39,14)30(35)7/h16-17,29,32H,1,5,7,15,18-24H2,2-4,6,8-14H3. The Balaban J connectivity index is 1.60. The summed E-state index contributed by atoms with van der Waals surface area (Å²) in [4.78, 5) is 2.56. The molecule has 1 fully saturated rings. The van der Waals surface area contributed by atoms with E-state index in [1.807, 2.05) is 0 Å². The highest BCUT2D eigenvalue weighted by molar-refractivity contribution is 5.88. The first-order valence-corrected chi connectivity index (χ1v) is 16.9. The maximum absolute atomic E-state index is 5.57. The molecule has 3 aliphatic carbocycles. The smallest absolute Gasteiger partial charge is 0.0594 e. The molecule has 5 atom stereocenters. The SMILES string of the molecule is C=C(C)C1=C(C)CC2(C)C(C)C3(C)C(=C(C)C2(C)C1=C)C(=C)c1c(ccc(C(C)(C)CCCN2CCOCC2)c1C)C3C. The van der Waals surface area contributed by atoms with Gasteiger partial charge in [-0.2, -0.15) is 0 Å². The summed E-state index contributed by atoms with van der Waals surface area (Å²) in [5, 5.41) is 0. The first kappa shape index (κ1) is 32.2. The Morgan fingerprint density at radius 3 is 2.28 bits per heavy atom. The van der Waals surface area contributed by atoms with E-state index in [1.165, 1.54) is 68.5 Å². The predicted molar refractivity (Wildman–Crippen MR) is 186 cm³/mol. The molecule has 1 saturated heterocycles. The van der Waals surface area contributed by atoms with Crippen LogP contribution in [0.25, 0.3) is 5.57 Å². The Morgan fingerprint density at radius 1 is 1.05 bits per heavy atom. The Morgan fingerprint density at radius 2 is 1.67 bits per heavy atom. The minimum absolute atomic E-state index is 0.00859. The number of allylic oxidation sites excluding steroid dienone is 7. The normalized spacial score (nSPS) is 33.4. The summed E-state index contributed by atoms with van der Waals surface area (Å²) >= 11 is 0. The predicted octanol–water partition coefficient (Wildman–Crippen LogP) is 10.4. The first-order valence-electron chi connectivity index (χ1n) is 16.9. The monoisotopic (exact) mass is 581 g/mol. The molecular weight excluding hydrogens is 522 g/mol. The van der Waals surface area contributed by atoms with E-state index >= 15 is 0 Å². The first-order chi connectivity index (χ1) is 20.0. The number of rotatable bonds is 6. The van der Waals surface area contributed by atoms with Crippen molar-refractivity contribution in [2.75, 3.05) is 32.8 Å². The Labute approximate surface area is 264 Å². The molecule has 43 heavy (non-hydrogen) atoms. The molecule has 1 heterocycles. The molecule has 2 nitrogen and oxygen atoms in total.